The van der Waals surface area contributed by atoms with Crippen molar-refractivity contribution in [2.24, 2.45) is 0 Å². The van der Waals surface area contributed by atoms with E-state index in [0.29, 0.717) is 29.4 Å². The van der Waals surface area contributed by atoms with Crippen LogP contribution in [0.15, 0.2) is 29.6 Å². The highest BCUT2D eigenvalue weighted by molar-refractivity contribution is 7.10. The summed E-state index contributed by atoms with van der Waals surface area (Å²) in [7, 11) is 4.61. The smallest absolute Gasteiger partial charge is 0.203 e. The van der Waals surface area contributed by atoms with Gasteiger partial charge in [0.15, 0.2) is 17.3 Å². The lowest BCUT2D eigenvalue weighted by Crippen LogP contribution is -2.34. The molecule has 128 valence electrons. The van der Waals surface area contributed by atoms with Crippen molar-refractivity contribution in [3.63, 3.8) is 0 Å². The van der Waals surface area contributed by atoms with Gasteiger partial charge in [-0.2, -0.15) is 0 Å². The number of methoxy groups -OCH3 is 3. The molecular weight excluding hydrogens is 328 g/mol. The van der Waals surface area contributed by atoms with E-state index in [2.05, 4.69) is 10.6 Å². The number of ether oxygens (including phenoxy) is 3. The van der Waals surface area contributed by atoms with Crippen molar-refractivity contribution < 1.29 is 19.0 Å². The Labute approximate surface area is 144 Å². The third kappa shape index (κ3) is 3.10. The first-order valence-corrected chi connectivity index (χ1v) is 8.43. The molecule has 1 aliphatic heterocycles. The molecule has 0 bridgehead atoms. The largest absolute Gasteiger partial charge is 0.493 e. The zero-order valence-electron chi connectivity index (χ0n) is 13.8. The summed E-state index contributed by atoms with van der Waals surface area (Å²) in [5.41, 5.74) is 0.524. The second kappa shape index (κ2) is 7.21. The van der Waals surface area contributed by atoms with E-state index in [0.717, 1.165) is 4.88 Å². The normalized spacial score (nSPS) is 20.0. The lowest BCUT2D eigenvalue weighted by Gasteiger charge is -2.16. The maximum Gasteiger partial charge on any atom is 0.203 e. The van der Waals surface area contributed by atoms with Gasteiger partial charge in [-0.05, 0) is 23.6 Å². The third-order valence-electron chi connectivity index (χ3n) is 3.99. The monoisotopic (exact) mass is 348 g/mol. The number of rotatable bonds is 6. The Hall–Kier alpha value is -2.09. The number of benzene rings is 1. The standard InChI is InChI=1S/C17H20N2O4S/c1-21-12-7-10(8-13(22-2)16(12)23-3)15(20)11-9-18-17(19-11)14-5-4-6-24-14/h4-8,11,17-19H,9H2,1-3H3. The molecule has 6 nitrogen and oxygen atoms in total. The van der Waals surface area contributed by atoms with Crippen LogP contribution in [-0.2, 0) is 0 Å². The molecular formula is C17H20N2O4S. The number of Topliss-reactive ketones (excluding diaryl/α,β-unsaturated/α-hetero) is 1. The second-order valence-corrected chi connectivity index (χ2v) is 6.33. The van der Waals surface area contributed by atoms with Gasteiger partial charge in [-0.15, -0.1) is 11.3 Å². The molecule has 1 aromatic heterocycles. The highest BCUT2D eigenvalue weighted by Gasteiger charge is 2.31. The molecule has 24 heavy (non-hydrogen) atoms. The van der Waals surface area contributed by atoms with Crippen molar-refractivity contribution in [1.29, 1.82) is 0 Å². The van der Waals surface area contributed by atoms with Gasteiger partial charge in [0.1, 0.15) is 0 Å². The Morgan fingerprint density at radius 1 is 1.17 bits per heavy atom. The van der Waals surface area contributed by atoms with E-state index >= 15 is 0 Å². The van der Waals surface area contributed by atoms with Crippen LogP contribution in [0.2, 0.25) is 0 Å². The summed E-state index contributed by atoms with van der Waals surface area (Å²) < 4.78 is 15.9. The predicted molar refractivity (Wildman–Crippen MR) is 92.4 cm³/mol. The molecule has 2 heterocycles. The molecule has 0 spiro atoms. The molecule has 2 aromatic rings. The van der Waals surface area contributed by atoms with Crippen LogP contribution in [0.1, 0.15) is 21.4 Å². The molecule has 0 radical (unpaired) electrons. The molecule has 2 N–H and O–H groups in total. The van der Waals surface area contributed by atoms with Crippen LogP contribution in [0.5, 0.6) is 17.2 Å². The number of hydrogen-bond acceptors (Lipinski definition) is 7. The minimum atomic E-state index is -0.306. The number of carbonyl (C=O) groups excluding carboxylic acids is 1. The van der Waals surface area contributed by atoms with Gasteiger partial charge < -0.3 is 14.2 Å². The first-order chi connectivity index (χ1) is 11.7. The van der Waals surface area contributed by atoms with Crippen molar-refractivity contribution in [3.05, 3.63) is 40.1 Å². The highest BCUT2D eigenvalue weighted by atomic mass is 32.1. The summed E-state index contributed by atoms with van der Waals surface area (Å²) in [6.07, 6.45) is 0.000916. The Morgan fingerprint density at radius 2 is 1.88 bits per heavy atom. The molecule has 0 aliphatic carbocycles. The molecule has 2 atom stereocenters. The molecule has 3 rings (SSSR count). The lowest BCUT2D eigenvalue weighted by molar-refractivity contribution is 0.0954. The predicted octanol–water partition coefficient (Wildman–Crippen LogP) is 2.22. The molecule has 7 heteroatoms. The van der Waals surface area contributed by atoms with Gasteiger partial charge in [0, 0.05) is 17.0 Å². The summed E-state index contributed by atoms with van der Waals surface area (Å²) in [5.74, 6) is 1.41. The fraction of sp³-hybridized carbons (Fsp3) is 0.353. The van der Waals surface area contributed by atoms with Gasteiger partial charge >= 0.3 is 0 Å². The minimum Gasteiger partial charge on any atom is -0.493 e. The molecule has 1 aliphatic rings. The summed E-state index contributed by atoms with van der Waals surface area (Å²) in [5, 5.41) is 8.68. The van der Waals surface area contributed by atoms with E-state index in [9.17, 15) is 4.79 Å². The quantitative estimate of drug-likeness (QED) is 0.780. The Kier molecular flexibility index (Phi) is 5.03. The maximum atomic E-state index is 12.8. The van der Waals surface area contributed by atoms with Crippen LogP contribution < -0.4 is 24.8 Å². The Bertz CT molecular complexity index is 692. The van der Waals surface area contributed by atoms with E-state index in [-0.39, 0.29) is 18.0 Å². The fourth-order valence-electron chi connectivity index (χ4n) is 2.79. The zero-order valence-corrected chi connectivity index (χ0v) is 14.6. The minimum absolute atomic E-state index is 0.000916. The van der Waals surface area contributed by atoms with Crippen LogP contribution >= 0.6 is 11.3 Å². The van der Waals surface area contributed by atoms with Gasteiger partial charge in [0.05, 0.1) is 33.5 Å². The average Bonchev–Trinajstić information content (AvgIpc) is 3.30. The van der Waals surface area contributed by atoms with Crippen LogP contribution in [0.4, 0.5) is 0 Å². The van der Waals surface area contributed by atoms with Gasteiger partial charge in [-0.3, -0.25) is 15.4 Å². The van der Waals surface area contributed by atoms with Crippen molar-refractivity contribution in [2.75, 3.05) is 27.9 Å². The summed E-state index contributed by atoms with van der Waals surface area (Å²) in [6, 6.07) is 7.10. The van der Waals surface area contributed by atoms with E-state index < -0.39 is 0 Å². The third-order valence-corrected chi connectivity index (χ3v) is 4.92. The van der Waals surface area contributed by atoms with Crippen molar-refractivity contribution in [3.8, 4) is 17.2 Å². The van der Waals surface area contributed by atoms with E-state index in [4.69, 9.17) is 14.2 Å². The number of nitrogens with one attached hydrogen (secondary N) is 2. The summed E-state index contributed by atoms with van der Waals surface area (Å²) >= 11 is 1.65. The lowest BCUT2D eigenvalue weighted by atomic mass is 10.0. The topological polar surface area (TPSA) is 68.8 Å². The van der Waals surface area contributed by atoms with E-state index in [1.807, 2.05) is 17.5 Å². The van der Waals surface area contributed by atoms with E-state index in [1.54, 1.807) is 23.5 Å². The summed E-state index contributed by atoms with van der Waals surface area (Å²) in [6.45, 7) is 0.568. The van der Waals surface area contributed by atoms with Crippen molar-refractivity contribution in [2.45, 2.75) is 12.2 Å². The van der Waals surface area contributed by atoms with Crippen molar-refractivity contribution in [1.82, 2.24) is 10.6 Å². The Morgan fingerprint density at radius 3 is 2.42 bits per heavy atom. The van der Waals surface area contributed by atoms with Crippen LogP contribution in [0, 0.1) is 0 Å². The van der Waals surface area contributed by atoms with Crippen LogP contribution in [0.3, 0.4) is 0 Å². The number of ketones is 1. The molecule has 1 fully saturated rings. The van der Waals surface area contributed by atoms with Crippen LogP contribution in [-0.4, -0.2) is 39.7 Å². The Balaban J connectivity index is 1.82. The first-order valence-electron chi connectivity index (χ1n) is 7.55. The zero-order chi connectivity index (χ0) is 17.1. The number of thiophene rings is 1. The van der Waals surface area contributed by atoms with Gasteiger partial charge in [-0.1, -0.05) is 6.07 Å². The first kappa shape index (κ1) is 16.8. The van der Waals surface area contributed by atoms with Gasteiger partial charge in [0.25, 0.3) is 0 Å². The molecule has 0 saturated carbocycles. The SMILES string of the molecule is COc1cc(C(=O)C2CNC(c3cccs3)N2)cc(OC)c1OC. The van der Waals surface area contributed by atoms with Crippen molar-refractivity contribution >= 4 is 17.1 Å². The molecule has 2 unspecified atom stereocenters. The van der Waals surface area contributed by atoms with Gasteiger partial charge in [0.2, 0.25) is 5.75 Å². The molecule has 0 amide bonds. The number of carbonyl (C=O) groups is 1. The second-order valence-electron chi connectivity index (χ2n) is 5.35. The fourth-order valence-corrected chi connectivity index (χ4v) is 3.54. The number of hydrogen-bond donors (Lipinski definition) is 2. The van der Waals surface area contributed by atoms with Crippen LogP contribution in [0.25, 0.3) is 0 Å². The summed E-state index contributed by atoms with van der Waals surface area (Å²) in [4.78, 5) is 14.0. The highest BCUT2D eigenvalue weighted by Crippen LogP contribution is 2.38. The maximum absolute atomic E-state index is 12.8. The van der Waals surface area contributed by atoms with E-state index in [1.165, 1.54) is 21.3 Å². The average molecular weight is 348 g/mol. The molecule has 1 saturated heterocycles. The molecule has 1 aromatic carbocycles. The van der Waals surface area contributed by atoms with Gasteiger partial charge in [-0.25, -0.2) is 0 Å².